The molecule has 7 heteroatoms. The van der Waals surface area contributed by atoms with E-state index in [1.807, 2.05) is 58.9 Å². The minimum Gasteiger partial charge on any atom is -0.399 e. The quantitative estimate of drug-likeness (QED) is 0.284. The SMILES string of the molecule is C=C(C)C/C(=N\c1cc(C)c(C(F)(F)F)cc1C)c1cccc(B2OC(C)(C)C(C)(C)O2)c1. The number of nitrogens with zero attached hydrogens (tertiary/aromatic N) is 1. The molecule has 0 saturated carbocycles. The van der Waals surface area contributed by atoms with Crippen LogP contribution in [0.4, 0.5) is 18.9 Å². The number of halogens is 3. The van der Waals surface area contributed by atoms with Gasteiger partial charge in [0.05, 0.1) is 28.2 Å². The van der Waals surface area contributed by atoms with Gasteiger partial charge in [0.25, 0.3) is 0 Å². The summed E-state index contributed by atoms with van der Waals surface area (Å²) in [5.74, 6) is 0. The van der Waals surface area contributed by atoms with Crippen LogP contribution in [0.15, 0.2) is 53.5 Å². The van der Waals surface area contributed by atoms with Crippen LogP contribution in [0.3, 0.4) is 0 Å². The average molecular weight is 457 g/mol. The van der Waals surface area contributed by atoms with Gasteiger partial charge in [-0.3, -0.25) is 4.99 Å². The summed E-state index contributed by atoms with van der Waals surface area (Å²) in [6.45, 7) is 17.0. The molecule has 0 aromatic heterocycles. The molecule has 1 aliphatic rings. The molecule has 1 saturated heterocycles. The van der Waals surface area contributed by atoms with Gasteiger partial charge in [0, 0.05) is 6.42 Å². The minimum atomic E-state index is -4.39. The van der Waals surface area contributed by atoms with Crippen molar-refractivity contribution in [2.24, 2.45) is 4.99 Å². The summed E-state index contributed by atoms with van der Waals surface area (Å²) < 4.78 is 52.2. The second-order valence-electron chi connectivity index (χ2n) is 9.86. The van der Waals surface area contributed by atoms with E-state index < -0.39 is 30.1 Å². The Kier molecular flexibility index (Phi) is 6.71. The van der Waals surface area contributed by atoms with Crippen molar-refractivity contribution in [3.63, 3.8) is 0 Å². The van der Waals surface area contributed by atoms with Gasteiger partial charge in [-0.05, 0) is 82.8 Å². The topological polar surface area (TPSA) is 30.8 Å². The number of alkyl halides is 3. The first-order valence-corrected chi connectivity index (χ1v) is 11.0. The number of hydrogen-bond donors (Lipinski definition) is 0. The predicted molar refractivity (Wildman–Crippen MR) is 129 cm³/mol. The monoisotopic (exact) mass is 457 g/mol. The smallest absolute Gasteiger partial charge is 0.399 e. The highest BCUT2D eigenvalue weighted by molar-refractivity contribution is 6.62. The maximum Gasteiger partial charge on any atom is 0.494 e. The van der Waals surface area contributed by atoms with Crippen LogP contribution in [0.5, 0.6) is 0 Å². The Balaban J connectivity index is 2.03. The minimum absolute atomic E-state index is 0.146. The van der Waals surface area contributed by atoms with Crippen LogP contribution in [-0.4, -0.2) is 24.0 Å². The molecule has 0 spiro atoms. The number of hydrogen-bond acceptors (Lipinski definition) is 3. The standard InChI is InChI=1S/C26H31BF3NO2/c1-16(2)12-23(31-22-14-17(3)21(13-18(22)4)26(28,29)30)19-10-9-11-20(15-19)27-32-24(5,6)25(7,8)33-27/h9-11,13-15H,1,12H2,2-8H3/b31-23+. The molecule has 0 unspecified atom stereocenters. The van der Waals surface area contributed by atoms with Gasteiger partial charge in [0.2, 0.25) is 0 Å². The van der Waals surface area contributed by atoms with E-state index in [0.29, 0.717) is 17.7 Å². The maximum absolute atomic E-state index is 13.3. The number of benzene rings is 2. The molecule has 3 rings (SSSR count). The van der Waals surface area contributed by atoms with Crippen LogP contribution in [0, 0.1) is 13.8 Å². The summed E-state index contributed by atoms with van der Waals surface area (Å²) in [6, 6.07) is 10.4. The Morgan fingerprint density at radius 1 is 1.00 bits per heavy atom. The molecule has 3 nitrogen and oxygen atoms in total. The molecular weight excluding hydrogens is 426 g/mol. The van der Waals surface area contributed by atoms with Gasteiger partial charge in [-0.25, -0.2) is 0 Å². The lowest BCUT2D eigenvalue weighted by Crippen LogP contribution is -2.41. The normalized spacial score (nSPS) is 18.0. The fraction of sp³-hybridized carbons (Fsp3) is 0.423. The zero-order chi connectivity index (χ0) is 24.8. The van der Waals surface area contributed by atoms with E-state index in [4.69, 9.17) is 14.3 Å². The molecule has 0 amide bonds. The Morgan fingerprint density at radius 2 is 1.61 bits per heavy atom. The Morgan fingerprint density at radius 3 is 2.15 bits per heavy atom. The Bertz CT molecular complexity index is 1090. The van der Waals surface area contributed by atoms with Crippen LogP contribution < -0.4 is 5.46 Å². The van der Waals surface area contributed by atoms with Crippen LogP contribution in [0.2, 0.25) is 0 Å². The molecule has 0 atom stereocenters. The summed E-state index contributed by atoms with van der Waals surface area (Å²) in [5, 5.41) is 0. The third-order valence-corrected chi connectivity index (χ3v) is 6.32. The van der Waals surface area contributed by atoms with E-state index in [9.17, 15) is 13.2 Å². The zero-order valence-corrected chi connectivity index (χ0v) is 20.4. The molecule has 0 radical (unpaired) electrons. The van der Waals surface area contributed by atoms with Crippen LogP contribution in [0.1, 0.15) is 63.3 Å². The second-order valence-corrected chi connectivity index (χ2v) is 9.86. The van der Waals surface area contributed by atoms with Crippen molar-refractivity contribution in [1.82, 2.24) is 0 Å². The molecule has 0 N–H and O–H groups in total. The fourth-order valence-electron chi connectivity index (χ4n) is 3.71. The van der Waals surface area contributed by atoms with Crippen molar-refractivity contribution in [2.45, 2.75) is 72.3 Å². The summed E-state index contributed by atoms with van der Waals surface area (Å²) in [5.41, 5.74) is 2.90. The lowest BCUT2D eigenvalue weighted by molar-refractivity contribution is -0.138. The molecule has 0 aliphatic carbocycles. The van der Waals surface area contributed by atoms with E-state index in [2.05, 4.69) is 6.58 Å². The maximum atomic E-state index is 13.3. The highest BCUT2D eigenvalue weighted by Gasteiger charge is 2.51. The van der Waals surface area contributed by atoms with E-state index in [1.165, 1.54) is 13.0 Å². The highest BCUT2D eigenvalue weighted by Crippen LogP contribution is 2.37. The van der Waals surface area contributed by atoms with Crippen molar-refractivity contribution in [2.75, 3.05) is 0 Å². The zero-order valence-electron chi connectivity index (χ0n) is 20.4. The van der Waals surface area contributed by atoms with Crippen molar-refractivity contribution in [3.8, 4) is 0 Å². The van der Waals surface area contributed by atoms with Gasteiger partial charge in [-0.2, -0.15) is 13.2 Å². The first-order chi connectivity index (χ1) is 15.1. The van der Waals surface area contributed by atoms with Crippen LogP contribution in [0.25, 0.3) is 0 Å². The molecule has 33 heavy (non-hydrogen) atoms. The van der Waals surface area contributed by atoms with E-state index in [1.54, 1.807) is 6.92 Å². The molecule has 176 valence electrons. The fourth-order valence-corrected chi connectivity index (χ4v) is 3.71. The lowest BCUT2D eigenvalue weighted by atomic mass is 9.78. The summed E-state index contributed by atoms with van der Waals surface area (Å²) in [6.07, 6.45) is -3.90. The van der Waals surface area contributed by atoms with Gasteiger partial charge < -0.3 is 9.31 Å². The average Bonchev–Trinajstić information content (AvgIpc) is 2.90. The number of aryl methyl sites for hydroxylation is 2. The number of rotatable bonds is 5. The molecule has 2 aromatic carbocycles. The van der Waals surface area contributed by atoms with Gasteiger partial charge in [0.1, 0.15) is 0 Å². The second kappa shape index (κ2) is 8.77. The van der Waals surface area contributed by atoms with Gasteiger partial charge in [-0.15, -0.1) is 0 Å². The van der Waals surface area contributed by atoms with Crippen molar-refractivity contribution >= 4 is 24.0 Å². The van der Waals surface area contributed by atoms with Gasteiger partial charge in [-0.1, -0.05) is 36.4 Å². The molecular formula is C26H31BF3NO2. The largest absolute Gasteiger partial charge is 0.494 e. The third-order valence-electron chi connectivity index (χ3n) is 6.32. The van der Waals surface area contributed by atoms with Crippen LogP contribution >= 0.6 is 0 Å². The highest BCUT2D eigenvalue weighted by atomic mass is 19.4. The Labute approximate surface area is 194 Å². The summed E-state index contributed by atoms with van der Waals surface area (Å²) in [7, 11) is -0.518. The third kappa shape index (κ3) is 5.41. The van der Waals surface area contributed by atoms with E-state index in [0.717, 1.165) is 28.4 Å². The van der Waals surface area contributed by atoms with E-state index in [-0.39, 0.29) is 5.56 Å². The predicted octanol–water partition coefficient (Wildman–Crippen LogP) is 6.71. The first kappa shape index (κ1) is 25.3. The molecule has 1 aliphatic heterocycles. The van der Waals surface area contributed by atoms with Gasteiger partial charge in [0.15, 0.2) is 0 Å². The lowest BCUT2D eigenvalue weighted by Gasteiger charge is -2.32. The summed E-state index contributed by atoms with van der Waals surface area (Å²) in [4.78, 5) is 4.78. The van der Waals surface area contributed by atoms with Crippen molar-refractivity contribution in [1.29, 1.82) is 0 Å². The molecule has 1 heterocycles. The molecule has 2 aromatic rings. The summed E-state index contributed by atoms with van der Waals surface area (Å²) >= 11 is 0. The van der Waals surface area contributed by atoms with Crippen molar-refractivity contribution < 1.29 is 22.5 Å². The van der Waals surface area contributed by atoms with E-state index >= 15 is 0 Å². The van der Waals surface area contributed by atoms with Crippen LogP contribution in [-0.2, 0) is 15.5 Å². The molecule has 1 fully saturated rings. The first-order valence-electron chi connectivity index (χ1n) is 11.0. The Hall–Kier alpha value is -2.38. The number of allylic oxidation sites excluding steroid dienone is 1. The van der Waals surface area contributed by atoms with Crippen molar-refractivity contribution in [3.05, 3.63) is 70.8 Å². The molecule has 0 bridgehead atoms. The van der Waals surface area contributed by atoms with Gasteiger partial charge >= 0.3 is 13.3 Å². The number of aliphatic imine (C=N–C) groups is 1.